The van der Waals surface area contributed by atoms with E-state index in [1.54, 1.807) is 35.2 Å². The number of aliphatic hydroxyl groups excluding tert-OH is 2. The average Bonchev–Trinajstić information content (AvgIpc) is 3.14. The summed E-state index contributed by atoms with van der Waals surface area (Å²) in [6.07, 6.45) is 2.01. The van der Waals surface area contributed by atoms with Crippen LogP contribution >= 0.6 is 0 Å². The highest BCUT2D eigenvalue weighted by Gasteiger charge is 2.31. The Balaban J connectivity index is 1.60. The second kappa shape index (κ2) is 7.39. The maximum atomic E-state index is 12.4. The van der Waals surface area contributed by atoms with Crippen molar-refractivity contribution in [3.8, 4) is 0 Å². The number of aromatic nitrogens is 4. The van der Waals surface area contributed by atoms with Gasteiger partial charge in [0.15, 0.2) is 17.0 Å². The summed E-state index contributed by atoms with van der Waals surface area (Å²) in [7, 11) is 0. The molecule has 0 radical (unpaired) electrons. The number of amides is 1. The van der Waals surface area contributed by atoms with Crippen LogP contribution in [0.2, 0.25) is 0 Å². The van der Waals surface area contributed by atoms with E-state index >= 15 is 0 Å². The minimum Gasteiger partial charge on any atom is -0.394 e. The molecule has 0 bridgehead atoms. The number of aliphatic hydroxyl groups is 2. The lowest BCUT2D eigenvalue weighted by molar-refractivity contribution is -0.112. The van der Waals surface area contributed by atoms with Crippen molar-refractivity contribution in [3.63, 3.8) is 0 Å². The monoisotopic (exact) mass is 369 g/mol. The number of carbonyl (C=O) groups excluding carboxylic acids is 1. The van der Waals surface area contributed by atoms with E-state index in [9.17, 15) is 15.0 Å². The van der Waals surface area contributed by atoms with Crippen LogP contribution in [-0.4, -0.2) is 61.1 Å². The van der Waals surface area contributed by atoms with E-state index in [2.05, 4.69) is 20.3 Å². The quantitative estimate of drug-likeness (QED) is 0.620. The van der Waals surface area contributed by atoms with E-state index in [-0.39, 0.29) is 18.6 Å². The Morgan fingerprint density at radius 1 is 1.26 bits per heavy atom. The molecule has 3 heterocycles. The van der Waals surface area contributed by atoms with Gasteiger partial charge >= 0.3 is 0 Å². The van der Waals surface area contributed by atoms with Crippen LogP contribution in [0.15, 0.2) is 43.0 Å². The molecule has 3 aromatic rings. The first-order valence-electron chi connectivity index (χ1n) is 8.62. The third kappa shape index (κ3) is 3.39. The van der Waals surface area contributed by atoms with Gasteiger partial charge in [-0.15, -0.1) is 0 Å². The zero-order valence-corrected chi connectivity index (χ0v) is 14.4. The Hall–Kier alpha value is -2.88. The number of nitrogens with one attached hydrogen (secondary N) is 1. The number of rotatable bonds is 4. The largest absolute Gasteiger partial charge is 0.394 e. The summed E-state index contributed by atoms with van der Waals surface area (Å²) in [6, 6.07) is 8.65. The van der Waals surface area contributed by atoms with Crippen LogP contribution in [0.25, 0.3) is 11.2 Å². The molecule has 1 aliphatic rings. The molecule has 9 nitrogen and oxygen atoms in total. The van der Waals surface area contributed by atoms with Crippen molar-refractivity contribution in [2.45, 2.75) is 24.7 Å². The number of ether oxygens (including phenoxy) is 1. The predicted molar refractivity (Wildman–Crippen MR) is 96.2 cm³/mol. The van der Waals surface area contributed by atoms with Crippen LogP contribution in [-0.2, 0) is 4.74 Å². The van der Waals surface area contributed by atoms with Crippen molar-refractivity contribution in [1.29, 1.82) is 0 Å². The van der Waals surface area contributed by atoms with Crippen LogP contribution in [0.1, 0.15) is 22.8 Å². The molecule has 3 N–H and O–H groups in total. The van der Waals surface area contributed by atoms with Gasteiger partial charge in [-0.05, 0) is 18.6 Å². The SMILES string of the molecule is O=C(Nc1ncnc2c1ncn2C1COC(CO)C(O)C1)c1ccccc1. The molecule has 0 aliphatic carbocycles. The maximum absolute atomic E-state index is 12.4. The van der Waals surface area contributed by atoms with Crippen molar-refractivity contribution in [2.75, 3.05) is 18.5 Å². The standard InChI is InChI=1S/C18H19N5O4/c24-7-14-13(25)6-12(8-27-14)23-10-21-15-16(19-9-20-17(15)23)22-18(26)11-4-2-1-3-5-11/h1-5,9-10,12-14,24-25H,6-8H2,(H,19,20,22,26). The number of imidazole rings is 1. The number of hydrogen-bond donors (Lipinski definition) is 3. The minimum atomic E-state index is -0.773. The lowest BCUT2D eigenvalue weighted by Crippen LogP contribution is -2.41. The molecular formula is C18H19N5O4. The summed E-state index contributed by atoms with van der Waals surface area (Å²) in [5, 5.41) is 22.1. The molecule has 3 unspecified atom stereocenters. The lowest BCUT2D eigenvalue weighted by atomic mass is 10.0. The Labute approximate surface area is 154 Å². The highest BCUT2D eigenvalue weighted by Crippen LogP contribution is 2.28. The molecule has 2 aromatic heterocycles. The molecule has 9 heteroatoms. The average molecular weight is 369 g/mol. The molecule has 27 heavy (non-hydrogen) atoms. The van der Waals surface area contributed by atoms with E-state index in [0.717, 1.165) is 0 Å². The normalized spacial score (nSPS) is 22.7. The zero-order chi connectivity index (χ0) is 18.8. The molecule has 1 saturated heterocycles. The third-order valence-electron chi connectivity index (χ3n) is 4.65. The summed E-state index contributed by atoms with van der Waals surface area (Å²) in [4.78, 5) is 25.1. The summed E-state index contributed by atoms with van der Waals surface area (Å²) in [6.45, 7) is 0.0971. The molecule has 3 atom stereocenters. The number of anilines is 1. The second-order valence-corrected chi connectivity index (χ2v) is 6.38. The van der Waals surface area contributed by atoms with Gasteiger partial charge in [-0.25, -0.2) is 15.0 Å². The van der Waals surface area contributed by atoms with Crippen LogP contribution in [0, 0.1) is 0 Å². The van der Waals surface area contributed by atoms with Crippen molar-refractivity contribution >= 4 is 22.9 Å². The van der Waals surface area contributed by atoms with Gasteiger partial charge in [0.1, 0.15) is 12.4 Å². The highest BCUT2D eigenvalue weighted by molar-refractivity contribution is 6.06. The molecule has 0 spiro atoms. The number of fused-ring (bicyclic) bond motifs is 1. The minimum absolute atomic E-state index is 0.180. The van der Waals surface area contributed by atoms with Crippen LogP contribution < -0.4 is 5.32 Å². The van der Waals surface area contributed by atoms with E-state index in [0.29, 0.717) is 35.6 Å². The first kappa shape index (κ1) is 17.5. The zero-order valence-electron chi connectivity index (χ0n) is 14.4. The third-order valence-corrected chi connectivity index (χ3v) is 4.65. The molecule has 4 rings (SSSR count). The Kier molecular flexibility index (Phi) is 4.80. The van der Waals surface area contributed by atoms with Gasteiger partial charge in [0.05, 0.1) is 31.7 Å². The van der Waals surface area contributed by atoms with Crippen molar-refractivity contribution in [2.24, 2.45) is 0 Å². The Morgan fingerprint density at radius 2 is 2.07 bits per heavy atom. The van der Waals surface area contributed by atoms with Gasteiger partial charge < -0.3 is 24.8 Å². The number of hydrogen-bond acceptors (Lipinski definition) is 7. The molecule has 1 fully saturated rings. The number of carbonyl (C=O) groups is 1. The summed E-state index contributed by atoms with van der Waals surface area (Å²) < 4.78 is 7.31. The van der Waals surface area contributed by atoms with E-state index < -0.39 is 12.2 Å². The van der Waals surface area contributed by atoms with Crippen molar-refractivity contribution in [3.05, 3.63) is 48.5 Å². The van der Waals surface area contributed by atoms with Crippen LogP contribution in [0.3, 0.4) is 0 Å². The number of nitrogens with zero attached hydrogens (tertiary/aromatic N) is 4. The lowest BCUT2D eigenvalue weighted by Gasteiger charge is -2.32. The van der Waals surface area contributed by atoms with E-state index in [1.807, 2.05) is 6.07 Å². The highest BCUT2D eigenvalue weighted by atomic mass is 16.5. The summed E-state index contributed by atoms with van der Waals surface area (Å²) >= 11 is 0. The maximum Gasteiger partial charge on any atom is 0.256 e. The van der Waals surface area contributed by atoms with Gasteiger partial charge in [0.2, 0.25) is 0 Å². The molecule has 1 aromatic carbocycles. The van der Waals surface area contributed by atoms with Gasteiger partial charge in [-0.1, -0.05) is 18.2 Å². The van der Waals surface area contributed by atoms with Gasteiger partial charge in [0.25, 0.3) is 5.91 Å². The fourth-order valence-corrected chi connectivity index (χ4v) is 3.19. The van der Waals surface area contributed by atoms with Gasteiger partial charge in [-0.3, -0.25) is 4.79 Å². The molecule has 1 amide bonds. The Bertz CT molecular complexity index is 945. The predicted octanol–water partition coefficient (Wildman–Crippen LogP) is 0.762. The number of benzene rings is 1. The summed E-state index contributed by atoms with van der Waals surface area (Å²) in [5.74, 6) is 0.0328. The van der Waals surface area contributed by atoms with Crippen LogP contribution in [0.5, 0.6) is 0 Å². The molecule has 140 valence electrons. The molecule has 0 saturated carbocycles. The fourth-order valence-electron chi connectivity index (χ4n) is 3.19. The molecular weight excluding hydrogens is 350 g/mol. The van der Waals surface area contributed by atoms with Gasteiger partial charge in [0, 0.05) is 5.56 Å². The smallest absolute Gasteiger partial charge is 0.256 e. The van der Waals surface area contributed by atoms with Gasteiger partial charge in [-0.2, -0.15) is 0 Å². The van der Waals surface area contributed by atoms with E-state index in [1.165, 1.54) is 6.33 Å². The van der Waals surface area contributed by atoms with Crippen molar-refractivity contribution in [1.82, 2.24) is 19.5 Å². The Morgan fingerprint density at radius 3 is 2.81 bits per heavy atom. The van der Waals surface area contributed by atoms with Crippen LogP contribution in [0.4, 0.5) is 5.82 Å². The first-order valence-corrected chi connectivity index (χ1v) is 8.62. The molecule has 1 aliphatic heterocycles. The fraction of sp³-hybridized carbons (Fsp3) is 0.333. The summed E-state index contributed by atoms with van der Waals surface area (Å²) in [5.41, 5.74) is 1.51. The second-order valence-electron chi connectivity index (χ2n) is 6.38. The van der Waals surface area contributed by atoms with Crippen molar-refractivity contribution < 1.29 is 19.7 Å². The first-order chi connectivity index (χ1) is 13.2. The topological polar surface area (TPSA) is 122 Å². The van der Waals surface area contributed by atoms with E-state index in [4.69, 9.17) is 4.74 Å².